The van der Waals surface area contributed by atoms with Crippen LogP contribution in [0.2, 0.25) is 0 Å². The lowest BCUT2D eigenvalue weighted by Crippen LogP contribution is -2.33. The Morgan fingerprint density at radius 1 is 1.08 bits per heavy atom. The number of nitrogens with zero attached hydrogens (tertiary/aromatic N) is 3. The minimum Gasteiger partial charge on any atom is -0.342 e. The van der Waals surface area contributed by atoms with Crippen LogP contribution in [0.3, 0.4) is 0 Å². The lowest BCUT2D eigenvalue weighted by molar-refractivity contribution is 0.500. The molecule has 0 radical (unpaired) electrons. The van der Waals surface area contributed by atoms with Crippen molar-refractivity contribution in [2.24, 2.45) is 7.05 Å². The Morgan fingerprint density at radius 2 is 1.76 bits per heavy atom. The molecule has 0 aliphatic carbocycles. The molecule has 7 nitrogen and oxygen atoms in total. The Balaban J connectivity index is 1.56. The van der Waals surface area contributed by atoms with Crippen LogP contribution in [-0.2, 0) is 7.05 Å². The average molecular weight is 339 g/mol. The van der Waals surface area contributed by atoms with Gasteiger partial charge in [-0.15, -0.1) is 0 Å². The third-order valence-corrected chi connectivity index (χ3v) is 5.09. The van der Waals surface area contributed by atoms with Gasteiger partial charge in [0.2, 0.25) is 5.95 Å². The number of piperidine rings is 1. The molecule has 1 aliphatic rings. The quantitative estimate of drug-likeness (QED) is 0.743. The van der Waals surface area contributed by atoms with Crippen LogP contribution in [0.1, 0.15) is 29.9 Å². The third kappa shape index (κ3) is 2.75. The molecule has 130 valence electrons. The normalized spacial score (nSPS) is 15.8. The second-order valence-corrected chi connectivity index (χ2v) is 6.75. The summed E-state index contributed by atoms with van der Waals surface area (Å²) in [6.07, 6.45) is 2.07. The van der Waals surface area contributed by atoms with Crippen molar-refractivity contribution in [3.8, 4) is 0 Å². The van der Waals surface area contributed by atoms with Crippen molar-refractivity contribution >= 4 is 17.1 Å². The summed E-state index contributed by atoms with van der Waals surface area (Å²) >= 11 is 0. The van der Waals surface area contributed by atoms with Crippen LogP contribution in [0.25, 0.3) is 11.2 Å². The van der Waals surface area contributed by atoms with Gasteiger partial charge in [0.15, 0.2) is 11.2 Å². The van der Waals surface area contributed by atoms with Crippen molar-refractivity contribution in [3.63, 3.8) is 0 Å². The summed E-state index contributed by atoms with van der Waals surface area (Å²) in [5, 5.41) is 0. The van der Waals surface area contributed by atoms with Gasteiger partial charge in [0.05, 0.1) is 0 Å². The predicted octanol–water partition coefficient (Wildman–Crippen LogP) is 1.64. The molecule has 1 saturated heterocycles. The van der Waals surface area contributed by atoms with Crippen molar-refractivity contribution in [1.82, 2.24) is 19.5 Å². The number of benzene rings is 1. The first-order valence-corrected chi connectivity index (χ1v) is 8.53. The van der Waals surface area contributed by atoms with Crippen LogP contribution in [0.15, 0.2) is 33.9 Å². The van der Waals surface area contributed by atoms with Crippen LogP contribution in [0.4, 0.5) is 5.95 Å². The summed E-state index contributed by atoms with van der Waals surface area (Å²) in [5.41, 5.74) is 2.52. The van der Waals surface area contributed by atoms with Gasteiger partial charge in [0.1, 0.15) is 0 Å². The van der Waals surface area contributed by atoms with Gasteiger partial charge in [0.25, 0.3) is 5.56 Å². The molecule has 2 N–H and O–H groups in total. The summed E-state index contributed by atoms with van der Waals surface area (Å²) in [7, 11) is 1.61. The van der Waals surface area contributed by atoms with E-state index in [4.69, 9.17) is 0 Å². The summed E-state index contributed by atoms with van der Waals surface area (Å²) in [6, 6.07) is 8.75. The molecule has 3 aromatic rings. The number of hydrogen-bond donors (Lipinski definition) is 2. The average Bonchev–Trinajstić information content (AvgIpc) is 3.07. The summed E-state index contributed by atoms with van der Waals surface area (Å²) < 4.78 is 1.36. The lowest BCUT2D eigenvalue weighted by atomic mass is 9.89. The highest BCUT2D eigenvalue weighted by atomic mass is 16.2. The number of H-pyrrole nitrogens is 2. The largest absolute Gasteiger partial charge is 0.342 e. The van der Waals surface area contributed by atoms with Crippen molar-refractivity contribution in [1.29, 1.82) is 0 Å². The molecular weight excluding hydrogens is 318 g/mol. The fourth-order valence-corrected chi connectivity index (χ4v) is 3.51. The standard InChI is InChI=1S/C18H21N5O2/c1-11-3-5-12(6-4-11)13-7-9-23(10-8-13)17-19-14-15(20-17)22(2)18(25)21-16(14)24/h3-6,13H,7-10H2,1-2H3,(H,19,20)(H,21,24,25). The minimum absolute atomic E-state index is 0.345. The van der Waals surface area contributed by atoms with Gasteiger partial charge in [-0.2, -0.15) is 4.98 Å². The van der Waals surface area contributed by atoms with E-state index in [0.717, 1.165) is 25.9 Å². The Bertz CT molecular complexity index is 1020. The second kappa shape index (κ2) is 5.91. The lowest BCUT2D eigenvalue weighted by Gasteiger charge is -2.32. The molecule has 0 spiro atoms. The maximum Gasteiger partial charge on any atom is 0.329 e. The smallest absolute Gasteiger partial charge is 0.329 e. The van der Waals surface area contributed by atoms with Crippen molar-refractivity contribution < 1.29 is 0 Å². The monoisotopic (exact) mass is 339 g/mol. The topological polar surface area (TPSA) is 86.8 Å². The first kappa shape index (κ1) is 15.7. The Morgan fingerprint density at radius 3 is 2.44 bits per heavy atom. The van der Waals surface area contributed by atoms with Gasteiger partial charge in [0, 0.05) is 20.1 Å². The molecule has 0 atom stereocenters. The molecule has 3 heterocycles. The van der Waals surface area contributed by atoms with E-state index in [-0.39, 0.29) is 0 Å². The molecular formula is C18H21N5O2. The van der Waals surface area contributed by atoms with E-state index in [9.17, 15) is 9.59 Å². The van der Waals surface area contributed by atoms with Gasteiger partial charge < -0.3 is 9.88 Å². The Hall–Kier alpha value is -2.83. The maximum absolute atomic E-state index is 12.0. The molecule has 1 aromatic carbocycles. The number of fused-ring (bicyclic) bond motifs is 1. The minimum atomic E-state index is -0.450. The zero-order valence-corrected chi connectivity index (χ0v) is 14.4. The van der Waals surface area contributed by atoms with E-state index in [1.165, 1.54) is 15.7 Å². The first-order chi connectivity index (χ1) is 12.0. The number of anilines is 1. The zero-order valence-electron chi connectivity index (χ0n) is 14.4. The number of imidazole rings is 1. The van der Waals surface area contributed by atoms with Gasteiger partial charge in [-0.3, -0.25) is 14.3 Å². The number of aromatic nitrogens is 4. The van der Waals surface area contributed by atoms with Crippen LogP contribution in [0.5, 0.6) is 0 Å². The number of hydrogen-bond acceptors (Lipinski definition) is 4. The molecule has 2 aromatic heterocycles. The second-order valence-electron chi connectivity index (χ2n) is 6.75. The van der Waals surface area contributed by atoms with Crippen LogP contribution in [-0.4, -0.2) is 32.6 Å². The van der Waals surface area contributed by atoms with Gasteiger partial charge >= 0.3 is 5.69 Å². The van der Waals surface area contributed by atoms with E-state index < -0.39 is 11.2 Å². The highest BCUT2D eigenvalue weighted by Gasteiger charge is 2.23. The third-order valence-electron chi connectivity index (χ3n) is 5.09. The fraction of sp³-hybridized carbons (Fsp3) is 0.389. The van der Waals surface area contributed by atoms with Crippen LogP contribution >= 0.6 is 0 Å². The molecule has 25 heavy (non-hydrogen) atoms. The molecule has 1 fully saturated rings. The Labute approximate surface area is 144 Å². The van der Waals surface area contributed by atoms with E-state index in [1.54, 1.807) is 7.05 Å². The van der Waals surface area contributed by atoms with E-state index in [1.807, 2.05) is 0 Å². The van der Waals surface area contributed by atoms with Crippen LogP contribution in [0, 0.1) is 6.92 Å². The molecule has 0 saturated carbocycles. The highest BCUT2D eigenvalue weighted by molar-refractivity contribution is 5.72. The summed E-state index contributed by atoms with van der Waals surface area (Å²) in [5.74, 6) is 1.21. The SMILES string of the molecule is Cc1ccc(C2CCN(c3nc4c([nH]3)c(=O)[nH]c(=O)n4C)CC2)cc1. The maximum atomic E-state index is 12.0. The molecule has 7 heteroatoms. The zero-order chi connectivity index (χ0) is 17.6. The molecule has 0 bridgehead atoms. The van der Waals surface area contributed by atoms with Gasteiger partial charge in [-0.05, 0) is 31.2 Å². The van der Waals surface area contributed by atoms with E-state index >= 15 is 0 Å². The number of nitrogens with one attached hydrogen (secondary N) is 2. The van der Waals surface area contributed by atoms with Gasteiger partial charge in [-0.25, -0.2) is 4.79 Å². The fourth-order valence-electron chi connectivity index (χ4n) is 3.51. The van der Waals surface area contributed by atoms with Crippen molar-refractivity contribution in [2.75, 3.05) is 18.0 Å². The molecule has 1 aliphatic heterocycles. The molecule has 0 amide bonds. The van der Waals surface area contributed by atoms with Crippen LogP contribution < -0.4 is 16.1 Å². The predicted molar refractivity (Wildman–Crippen MR) is 97.3 cm³/mol. The molecule has 0 unspecified atom stereocenters. The van der Waals surface area contributed by atoms with E-state index in [0.29, 0.717) is 23.0 Å². The summed E-state index contributed by atoms with van der Waals surface area (Å²) in [6.45, 7) is 3.83. The van der Waals surface area contributed by atoms with Crippen molar-refractivity contribution in [2.45, 2.75) is 25.7 Å². The summed E-state index contributed by atoms with van der Waals surface area (Å²) in [4.78, 5) is 35.7. The van der Waals surface area contributed by atoms with Gasteiger partial charge in [-0.1, -0.05) is 29.8 Å². The highest BCUT2D eigenvalue weighted by Crippen LogP contribution is 2.30. The number of rotatable bonds is 2. The van der Waals surface area contributed by atoms with E-state index in [2.05, 4.69) is 51.0 Å². The Kier molecular flexibility index (Phi) is 3.71. The first-order valence-electron chi connectivity index (χ1n) is 8.53. The molecule has 4 rings (SSSR count). The number of aromatic amines is 2. The number of aryl methyl sites for hydroxylation is 2. The van der Waals surface area contributed by atoms with Crippen molar-refractivity contribution in [3.05, 3.63) is 56.2 Å².